The molecule has 1 aliphatic rings. The third-order valence-electron chi connectivity index (χ3n) is 3.17. The predicted molar refractivity (Wildman–Crippen MR) is 60.8 cm³/mol. The molecule has 0 bridgehead atoms. The fourth-order valence-corrected chi connectivity index (χ4v) is 2.36. The number of nitrogens with one attached hydrogen (secondary N) is 1. The zero-order chi connectivity index (χ0) is 10.1. The minimum atomic E-state index is 0.415. The van der Waals surface area contributed by atoms with Crippen molar-refractivity contribution in [3.63, 3.8) is 0 Å². The summed E-state index contributed by atoms with van der Waals surface area (Å²) in [5, 5.41) is 5.99. The average Bonchev–Trinajstić information content (AvgIpc) is 2.74. The molecule has 1 atom stereocenters. The number of benzene rings is 1. The van der Waals surface area contributed by atoms with Crippen LogP contribution < -0.4 is 5.32 Å². The van der Waals surface area contributed by atoms with Crippen molar-refractivity contribution in [3.05, 3.63) is 36.3 Å². The molecule has 0 saturated carbocycles. The molecule has 2 heteroatoms. The Hall–Kier alpha value is -1.28. The molecule has 0 spiro atoms. The lowest BCUT2D eigenvalue weighted by Crippen LogP contribution is -2.26. The molecule has 1 saturated heterocycles. The van der Waals surface area contributed by atoms with E-state index in [1.165, 1.54) is 30.0 Å². The van der Waals surface area contributed by atoms with E-state index in [0.29, 0.717) is 6.04 Å². The summed E-state index contributed by atoms with van der Waals surface area (Å²) in [7, 11) is 0. The zero-order valence-electron chi connectivity index (χ0n) is 8.70. The highest BCUT2D eigenvalue weighted by molar-refractivity contribution is 5.84. The minimum Gasteiger partial charge on any atom is -0.466 e. The van der Waals surface area contributed by atoms with Crippen LogP contribution in [-0.4, -0.2) is 6.54 Å². The first-order valence-corrected chi connectivity index (χ1v) is 5.65. The maximum Gasteiger partial charge on any atom is 0.128 e. The molecule has 1 fully saturated rings. The standard InChI is InChI=1S/C13H15NO/c1-2-6-11-10(5-1)9-15-13(11)12-7-3-4-8-14-12/h1-2,5-6,9,12,14H,3-4,7-8H2. The van der Waals surface area contributed by atoms with Gasteiger partial charge in [-0.05, 0) is 19.4 Å². The smallest absolute Gasteiger partial charge is 0.128 e. The van der Waals surface area contributed by atoms with E-state index in [1.54, 1.807) is 0 Å². The molecule has 0 amide bonds. The number of rotatable bonds is 1. The molecular formula is C13H15NO. The van der Waals surface area contributed by atoms with Gasteiger partial charge in [0.2, 0.25) is 0 Å². The maximum atomic E-state index is 5.69. The molecule has 0 radical (unpaired) electrons. The average molecular weight is 201 g/mol. The summed E-state index contributed by atoms with van der Waals surface area (Å²) >= 11 is 0. The topological polar surface area (TPSA) is 25.2 Å². The van der Waals surface area contributed by atoms with Crippen LogP contribution in [0.2, 0.25) is 0 Å². The normalized spacial score (nSPS) is 22.0. The second-order valence-electron chi connectivity index (χ2n) is 4.19. The summed E-state index contributed by atoms with van der Waals surface area (Å²) < 4.78 is 5.69. The Bertz CT molecular complexity index is 454. The van der Waals surface area contributed by atoms with Crippen molar-refractivity contribution in [2.24, 2.45) is 0 Å². The van der Waals surface area contributed by atoms with Gasteiger partial charge in [-0.25, -0.2) is 0 Å². The quantitative estimate of drug-likeness (QED) is 0.766. The van der Waals surface area contributed by atoms with Gasteiger partial charge in [-0.3, -0.25) is 0 Å². The molecule has 2 heterocycles. The molecule has 1 unspecified atom stereocenters. The Morgan fingerprint density at radius 3 is 3.00 bits per heavy atom. The van der Waals surface area contributed by atoms with Gasteiger partial charge in [0.1, 0.15) is 5.76 Å². The molecule has 1 N–H and O–H groups in total. The Morgan fingerprint density at radius 2 is 2.13 bits per heavy atom. The number of hydrogen-bond donors (Lipinski definition) is 1. The van der Waals surface area contributed by atoms with Gasteiger partial charge in [0.05, 0.1) is 12.3 Å². The Balaban J connectivity index is 2.02. The highest BCUT2D eigenvalue weighted by atomic mass is 16.3. The van der Waals surface area contributed by atoms with Crippen LogP contribution in [0.1, 0.15) is 31.1 Å². The zero-order valence-corrected chi connectivity index (χ0v) is 8.70. The molecule has 1 aromatic carbocycles. The van der Waals surface area contributed by atoms with Crippen molar-refractivity contribution >= 4 is 10.8 Å². The van der Waals surface area contributed by atoms with E-state index in [2.05, 4.69) is 29.6 Å². The second-order valence-corrected chi connectivity index (χ2v) is 4.19. The first-order chi connectivity index (χ1) is 7.45. The molecule has 3 rings (SSSR count). The van der Waals surface area contributed by atoms with Crippen LogP contribution in [0, 0.1) is 0 Å². The maximum absolute atomic E-state index is 5.69. The Kier molecular flexibility index (Phi) is 2.22. The summed E-state index contributed by atoms with van der Waals surface area (Å²) in [4.78, 5) is 0. The van der Waals surface area contributed by atoms with Gasteiger partial charge in [-0.2, -0.15) is 0 Å². The third-order valence-corrected chi connectivity index (χ3v) is 3.17. The van der Waals surface area contributed by atoms with Crippen molar-refractivity contribution in [1.82, 2.24) is 5.32 Å². The van der Waals surface area contributed by atoms with E-state index in [-0.39, 0.29) is 0 Å². The molecule has 1 aromatic heterocycles. The highest BCUT2D eigenvalue weighted by Gasteiger charge is 2.19. The summed E-state index contributed by atoms with van der Waals surface area (Å²) in [5.41, 5.74) is 0. The molecule has 78 valence electrons. The fraction of sp³-hybridized carbons (Fsp3) is 0.385. The van der Waals surface area contributed by atoms with Crippen molar-refractivity contribution < 1.29 is 4.42 Å². The number of hydrogen-bond acceptors (Lipinski definition) is 2. The van der Waals surface area contributed by atoms with Gasteiger partial charge in [-0.1, -0.05) is 30.7 Å². The highest BCUT2D eigenvalue weighted by Crippen LogP contribution is 2.30. The number of furan rings is 1. The van der Waals surface area contributed by atoms with Crippen LogP contribution in [0.4, 0.5) is 0 Å². The molecule has 15 heavy (non-hydrogen) atoms. The largest absolute Gasteiger partial charge is 0.466 e. The van der Waals surface area contributed by atoms with Crippen LogP contribution in [0.15, 0.2) is 34.9 Å². The van der Waals surface area contributed by atoms with E-state index in [1.807, 2.05) is 6.26 Å². The van der Waals surface area contributed by atoms with Crippen molar-refractivity contribution in [2.75, 3.05) is 6.54 Å². The fourth-order valence-electron chi connectivity index (χ4n) is 2.36. The second kappa shape index (κ2) is 3.70. The van der Waals surface area contributed by atoms with Gasteiger partial charge < -0.3 is 9.73 Å². The molecule has 2 aromatic rings. The van der Waals surface area contributed by atoms with Gasteiger partial charge in [0.25, 0.3) is 0 Å². The van der Waals surface area contributed by atoms with Crippen LogP contribution in [0.25, 0.3) is 10.8 Å². The predicted octanol–water partition coefficient (Wildman–Crippen LogP) is 3.25. The Morgan fingerprint density at radius 1 is 1.20 bits per heavy atom. The number of fused-ring (bicyclic) bond motifs is 1. The number of piperidine rings is 1. The van der Waals surface area contributed by atoms with Crippen LogP contribution in [0.3, 0.4) is 0 Å². The minimum absolute atomic E-state index is 0.415. The lowest BCUT2D eigenvalue weighted by molar-refractivity contribution is 0.352. The van der Waals surface area contributed by atoms with E-state index in [0.717, 1.165) is 12.3 Å². The molecule has 2 nitrogen and oxygen atoms in total. The van der Waals surface area contributed by atoms with Crippen LogP contribution in [0.5, 0.6) is 0 Å². The SMILES string of the molecule is c1ccc2c(C3CCCCN3)occ2c1. The van der Waals surface area contributed by atoms with Gasteiger partial charge in [0, 0.05) is 10.8 Å². The summed E-state index contributed by atoms with van der Waals surface area (Å²) in [5.74, 6) is 1.12. The van der Waals surface area contributed by atoms with Crippen molar-refractivity contribution in [2.45, 2.75) is 25.3 Å². The van der Waals surface area contributed by atoms with Gasteiger partial charge in [-0.15, -0.1) is 0 Å². The van der Waals surface area contributed by atoms with E-state index >= 15 is 0 Å². The lowest BCUT2D eigenvalue weighted by Gasteiger charge is -2.21. The van der Waals surface area contributed by atoms with Gasteiger partial charge in [0.15, 0.2) is 0 Å². The van der Waals surface area contributed by atoms with Crippen molar-refractivity contribution in [1.29, 1.82) is 0 Å². The van der Waals surface area contributed by atoms with Crippen LogP contribution in [-0.2, 0) is 0 Å². The summed E-state index contributed by atoms with van der Waals surface area (Å²) in [6, 6.07) is 8.79. The third kappa shape index (κ3) is 1.55. The van der Waals surface area contributed by atoms with E-state index < -0.39 is 0 Å². The first-order valence-electron chi connectivity index (χ1n) is 5.65. The van der Waals surface area contributed by atoms with Gasteiger partial charge >= 0.3 is 0 Å². The van der Waals surface area contributed by atoms with E-state index in [9.17, 15) is 0 Å². The summed E-state index contributed by atoms with van der Waals surface area (Å²) in [6.45, 7) is 1.11. The first kappa shape index (κ1) is 8.98. The molecule has 0 aliphatic carbocycles. The van der Waals surface area contributed by atoms with E-state index in [4.69, 9.17) is 4.42 Å². The van der Waals surface area contributed by atoms with Crippen molar-refractivity contribution in [3.8, 4) is 0 Å². The summed E-state index contributed by atoms with van der Waals surface area (Å²) in [6.07, 6.45) is 5.64. The monoisotopic (exact) mass is 201 g/mol. The lowest BCUT2D eigenvalue weighted by atomic mass is 10.0. The molecular weight excluding hydrogens is 186 g/mol. The van der Waals surface area contributed by atoms with Crippen LogP contribution >= 0.6 is 0 Å². The Labute approximate surface area is 89.3 Å². The molecule has 1 aliphatic heterocycles.